The van der Waals surface area contributed by atoms with E-state index in [-0.39, 0.29) is 5.75 Å². The number of phenols is 1. The van der Waals surface area contributed by atoms with Crippen LogP contribution in [0.2, 0.25) is 15.5 Å². The van der Waals surface area contributed by atoms with Gasteiger partial charge in [-0.15, -0.1) is 0 Å². The van der Waals surface area contributed by atoms with Crippen LogP contribution in [-0.4, -0.2) is 32.2 Å². The molecule has 0 radical (unpaired) electrons. The summed E-state index contributed by atoms with van der Waals surface area (Å²) in [5.41, 5.74) is 1.41. The fraction of sp³-hybridized carbons (Fsp3) is 0.0667. The molecule has 1 aromatic carbocycles. The smallest absolute Gasteiger partial charge is 0.161 e. The van der Waals surface area contributed by atoms with Gasteiger partial charge < -0.3 is 9.84 Å². The summed E-state index contributed by atoms with van der Waals surface area (Å²) in [7, 11) is 1.49. The van der Waals surface area contributed by atoms with E-state index in [0.29, 0.717) is 26.9 Å². The Morgan fingerprint density at radius 3 is 1.96 bits per heavy atom. The predicted molar refractivity (Wildman–Crippen MR) is 92.7 cm³/mol. The van der Waals surface area contributed by atoms with Crippen molar-refractivity contribution in [2.75, 3.05) is 7.11 Å². The number of hydrogen-bond donors (Lipinski definition) is 1. The molecule has 0 spiro atoms. The maximum Gasteiger partial charge on any atom is 0.161 e. The summed E-state index contributed by atoms with van der Waals surface area (Å²) in [5.74, 6) is 0.473. The quantitative estimate of drug-likeness (QED) is 0.708. The number of nitrogens with zero attached hydrogens (tertiary/aromatic N) is 4. The van der Waals surface area contributed by atoms with Gasteiger partial charge in [0, 0.05) is 5.56 Å². The van der Waals surface area contributed by atoms with Gasteiger partial charge in [-0.05, 0) is 18.2 Å². The molecule has 0 atom stereocenters. The van der Waals surface area contributed by atoms with Crippen LogP contribution in [0.25, 0.3) is 11.3 Å². The summed E-state index contributed by atoms with van der Waals surface area (Å²) in [6.07, 6.45) is 5.90. The molecule has 3 rings (SSSR count). The first-order chi connectivity index (χ1) is 11.5. The molecule has 124 valence electrons. The molecule has 9 heteroatoms. The van der Waals surface area contributed by atoms with Crippen molar-refractivity contribution in [1.82, 2.24) is 19.9 Å². The van der Waals surface area contributed by atoms with Gasteiger partial charge in [0.15, 0.2) is 11.5 Å². The maximum absolute atomic E-state index is 9.45. The second-order valence-electron chi connectivity index (χ2n) is 4.28. The molecule has 0 aliphatic rings. The van der Waals surface area contributed by atoms with Crippen molar-refractivity contribution in [2.24, 2.45) is 0 Å². The number of hydrogen-bond acceptors (Lipinski definition) is 6. The number of halogens is 3. The molecule has 0 fully saturated rings. The number of ether oxygens (including phenoxy) is 1. The number of methoxy groups -OCH3 is 1. The molecule has 2 heterocycles. The number of aromatic hydroxyl groups is 1. The first-order valence-corrected chi connectivity index (χ1v) is 7.61. The van der Waals surface area contributed by atoms with Gasteiger partial charge in [0.2, 0.25) is 0 Å². The third kappa shape index (κ3) is 5.19. The Bertz CT molecular complexity index is 816. The van der Waals surface area contributed by atoms with Gasteiger partial charge in [-0.1, -0.05) is 34.8 Å². The first-order valence-electron chi connectivity index (χ1n) is 6.47. The summed E-state index contributed by atoms with van der Waals surface area (Å²) in [5, 5.41) is 10.4. The summed E-state index contributed by atoms with van der Waals surface area (Å²) in [6.45, 7) is 0. The van der Waals surface area contributed by atoms with E-state index in [1.807, 2.05) is 0 Å². The average molecular weight is 386 g/mol. The molecule has 1 N–H and O–H groups in total. The van der Waals surface area contributed by atoms with Crippen molar-refractivity contribution in [3.8, 4) is 22.8 Å². The van der Waals surface area contributed by atoms with Crippen LogP contribution in [-0.2, 0) is 0 Å². The second kappa shape index (κ2) is 8.63. The van der Waals surface area contributed by atoms with E-state index in [4.69, 9.17) is 39.5 Å². The van der Waals surface area contributed by atoms with E-state index in [1.54, 1.807) is 18.3 Å². The molecular formula is C15H11Cl3N4O2. The Balaban J connectivity index is 0.000000219. The predicted octanol–water partition coefficient (Wildman–Crippen LogP) is 4.29. The normalized spacial score (nSPS) is 9.83. The van der Waals surface area contributed by atoms with E-state index in [2.05, 4.69) is 19.9 Å². The third-order valence-corrected chi connectivity index (χ3v) is 3.20. The minimum atomic E-state index is 0.0845. The van der Waals surface area contributed by atoms with Crippen molar-refractivity contribution < 1.29 is 9.84 Å². The average Bonchev–Trinajstić information content (AvgIpc) is 2.55. The highest BCUT2D eigenvalue weighted by molar-refractivity contribution is 6.32. The molecule has 3 aromatic rings. The zero-order valence-corrected chi connectivity index (χ0v) is 14.6. The fourth-order valence-electron chi connectivity index (χ4n) is 1.64. The van der Waals surface area contributed by atoms with E-state index in [0.717, 1.165) is 5.56 Å². The highest BCUT2D eigenvalue weighted by atomic mass is 35.5. The minimum absolute atomic E-state index is 0.0845. The Labute approximate surface area is 153 Å². The van der Waals surface area contributed by atoms with Crippen LogP contribution in [0.15, 0.2) is 43.0 Å². The van der Waals surface area contributed by atoms with Crippen molar-refractivity contribution in [3.63, 3.8) is 0 Å². The lowest BCUT2D eigenvalue weighted by atomic mass is 10.1. The molecule has 0 bridgehead atoms. The topological polar surface area (TPSA) is 81.0 Å². The fourth-order valence-corrected chi connectivity index (χ4v) is 2.12. The lowest BCUT2D eigenvalue weighted by molar-refractivity contribution is 0.373. The molecule has 6 nitrogen and oxygen atoms in total. The Morgan fingerprint density at radius 1 is 0.875 bits per heavy atom. The lowest BCUT2D eigenvalue weighted by Crippen LogP contribution is -1.88. The van der Waals surface area contributed by atoms with E-state index >= 15 is 0 Å². The number of rotatable bonds is 2. The molecule has 0 saturated heterocycles. The number of phenolic OH excluding ortho intramolecular Hbond substituents is 1. The molecule has 2 aromatic heterocycles. The van der Waals surface area contributed by atoms with Gasteiger partial charge in [-0.25, -0.2) is 9.97 Å². The van der Waals surface area contributed by atoms with Crippen LogP contribution in [0.3, 0.4) is 0 Å². The van der Waals surface area contributed by atoms with Crippen LogP contribution in [0.1, 0.15) is 0 Å². The summed E-state index contributed by atoms with van der Waals surface area (Å²) < 4.78 is 5.01. The third-order valence-electron chi connectivity index (χ3n) is 2.66. The summed E-state index contributed by atoms with van der Waals surface area (Å²) >= 11 is 16.5. The molecule has 0 amide bonds. The van der Waals surface area contributed by atoms with Crippen LogP contribution < -0.4 is 4.74 Å². The second-order valence-corrected chi connectivity index (χ2v) is 5.44. The van der Waals surface area contributed by atoms with Gasteiger partial charge in [-0.3, -0.25) is 9.97 Å². The van der Waals surface area contributed by atoms with Gasteiger partial charge in [0.05, 0.1) is 37.6 Å². The molecule has 0 aliphatic heterocycles. The Hall–Kier alpha value is -2.15. The Morgan fingerprint density at radius 2 is 1.46 bits per heavy atom. The molecular weight excluding hydrogens is 375 g/mol. The van der Waals surface area contributed by atoms with E-state index in [1.165, 1.54) is 31.8 Å². The SMILES string of the molecule is COc1cc(-c2cncc(Cl)n2)ccc1O.Clc1cncc(Cl)n1. The van der Waals surface area contributed by atoms with Crippen molar-refractivity contribution in [3.05, 3.63) is 58.4 Å². The van der Waals surface area contributed by atoms with Crippen LogP contribution in [0.4, 0.5) is 0 Å². The molecule has 0 saturated carbocycles. The van der Waals surface area contributed by atoms with E-state index in [9.17, 15) is 5.11 Å². The van der Waals surface area contributed by atoms with Crippen LogP contribution in [0, 0.1) is 0 Å². The van der Waals surface area contributed by atoms with E-state index < -0.39 is 0 Å². The number of aromatic nitrogens is 4. The monoisotopic (exact) mass is 384 g/mol. The minimum Gasteiger partial charge on any atom is -0.504 e. The van der Waals surface area contributed by atoms with Crippen LogP contribution >= 0.6 is 34.8 Å². The molecule has 0 unspecified atom stereocenters. The first kappa shape index (κ1) is 18.2. The van der Waals surface area contributed by atoms with Crippen molar-refractivity contribution >= 4 is 34.8 Å². The highest BCUT2D eigenvalue weighted by Gasteiger charge is 2.06. The van der Waals surface area contributed by atoms with Crippen molar-refractivity contribution in [2.45, 2.75) is 0 Å². The maximum atomic E-state index is 9.45. The summed E-state index contributed by atoms with van der Waals surface area (Å²) in [4.78, 5) is 15.4. The van der Waals surface area contributed by atoms with Crippen LogP contribution in [0.5, 0.6) is 11.5 Å². The van der Waals surface area contributed by atoms with Gasteiger partial charge in [-0.2, -0.15) is 0 Å². The zero-order valence-electron chi connectivity index (χ0n) is 12.3. The lowest BCUT2D eigenvalue weighted by Gasteiger charge is -2.05. The highest BCUT2D eigenvalue weighted by Crippen LogP contribution is 2.30. The van der Waals surface area contributed by atoms with Gasteiger partial charge in [0.1, 0.15) is 15.5 Å². The molecule has 0 aliphatic carbocycles. The Kier molecular flexibility index (Phi) is 6.54. The standard InChI is InChI=1S/C11H9ClN2O2.C4H2Cl2N2/c1-16-10-4-7(2-3-9(10)15)8-5-13-6-11(12)14-8;5-3-1-7-2-4(6)8-3/h2-6,15H,1H3;1-2H. The zero-order chi connectivity index (χ0) is 17.5. The molecule has 24 heavy (non-hydrogen) atoms. The van der Waals surface area contributed by atoms with Gasteiger partial charge >= 0.3 is 0 Å². The summed E-state index contributed by atoms with van der Waals surface area (Å²) in [6, 6.07) is 4.94. The number of benzene rings is 1. The van der Waals surface area contributed by atoms with Gasteiger partial charge in [0.25, 0.3) is 0 Å². The largest absolute Gasteiger partial charge is 0.504 e. The van der Waals surface area contributed by atoms with Crippen molar-refractivity contribution in [1.29, 1.82) is 0 Å².